The molecule has 0 amide bonds. The van der Waals surface area contributed by atoms with Gasteiger partial charge in [-0.2, -0.15) is 0 Å². The Morgan fingerprint density at radius 1 is 0.952 bits per heavy atom. The van der Waals surface area contributed by atoms with Crippen LogP contribution < -0.4 is 0 Å². The van der Waals surface area contributed by atoms with E-state index in [0.29, 0.717) is 32.7 Å². The van der Waals surface area contributed by atoms with E-state index in [1.165, 1.54) is 6.42 Å². The Hall–Kier alpha value is -0.830. The summed E-state index contributed by atoms with van der Waals surface area (Å²) in [4.78, 5) is 8.97. The van der Waals surface area contributed by atoms with E-state index in [4.69, 9.17) is 34.8 Å². The molecule has 1 aliphatic rings. The Labute approximate surface area is 139 Å². The molecule has 1 saturated carbocycles. The second-order valence-corrected chi connectivity index (χ2v) is 6.81. The van der Waals surface area contributed by atoms with Crippen molar-refractivity contribution in [2.75, 3.05) is 0 Å². The number of benzene rings is 1. The fraction of sp³-hybridized carbons (Fsp3) is 0.375. The van der Waals surface area contributed by atoms with Gasteiger partial charge in [0.2, 0.25) is 0 Å². The summed E-state index contributed by atoms with van der Waals surface area (Å²) < 4.78 is 0. The fourth-order valence-corrected chi connectivity index (χ4v) is 3.65. The molecule has 0 aliphatic heterocycles. The summed E-state index contributed by atoms with van der Waals surface area (Å²) in [5.41, 5.74) is 1.55. The van der Waals surface area contributed by atoms with Crippen LogP contribution in [0, 0.1) is 5.92 Å². The molecule has 5 heteroatoms. The summed E-state index contributed by atoms with van der Waals surface area (Å²) in [5, 5.41) is 1.49. The highest BCUT2D eigenvalue weighted by molar-refractivity contribution is 6.37. The maximum Gasteiger partial charge on any atom is 0.142 e. The van der Waals surface area contributed by atoms with Gasteiger partial charge >= 0.3 is 0 Å². The molecular weight excluding hydrogens is 327 g/mol. The third kappa shape index (κ3) is 3.18. The van der Waals surface area contributed by atoms with Gasteiger partial charge in [0.25, 0.3) is 0 Å². The van der Waals surface area contributed by atoms with Gasteiger partial charge in [0.1, 0.15) is 16.1 Å². The molecule has 0 spiro atoms. The van der Waals surface area contributed by atoms with Gasteiger partial charge in [-0.05, 0) is 42.9 Å². The molecule has 3 rings (SSSR count). The van der Waals surface area contributed by atoms with E-state index in [-0.39, 0.29) is 0 Å². The number of halogens is 3. The molecule has 2 aromatic rings. The van der Waals surface area contributed by atoms with Crippen LogP contribution >= 0.6 is 34.8 Å². The molecular formula is C16H15Cl3N2. The molecule has 1 aromatic carbocycles. The molecule has 0 N–H and O–H groups in total. The monoisotopic (exact) mass is 340 g/mol. The smallest absolute Gasteiger partial charge is 0.142 e. The van der Waals surface area contributed by atoms with Gasteiger partial charge in [-0.15, -0.1) is 0 Å². The second kappa shape index (κ2) is 6.12. The molecule has 2 atom stereocenters. The zero-order valence-corrected chi connectivity index (χ0v) is 13.9. The lowest BCUT2D eigenvalue weighted by Gasteiger charge is -2.12. The molecule has 1 fully saturated rings. The van der Waals surface area contributed by atoms with Crippen LogP contribution in [0.15, 0.2) is 24.3 Å². The first-order chi connectivity index (χ1) is 10.0. The fourth-order valence-electron chi connectivity index (χ4n) is 2.90. The van der Waals surface area contributed by atoms with Crippen molar-refractivity contribution in [2.24, 2.45) is 5.92 Å². The summed E-state index contributed by atoms with van der Waals surface area (Å²) in [7, 11) is 0. The predicted molar refractivity (Wildman–Crippen MR) is 88.3 cm³/mol. The van der Waals surface area contributed by atoms with Crippen molar-refractivity contribution in [3.05, 3.63) is 45.4 Å². The number of hydrogen-bond acceptors (Lipinski definition) is 2. The topological polar surface area (TPSA) is 25.8 Å². The molecule has 1 aromatic heterocycles. The van der Waals surface area contributed by atoms with Crippen molar-refractivity contribution in [3.8, 4) is 11.1 Å². The van der Waals surface area contributed by atoms with Gasteiger partial charge in [0.05, 0.1) is 5.56 Å². The molecule has 1 aliphatic carbocycles. The third-order valence-corrected chi connectivity index (χ3v) is 4.83. The van der Waals surface area contributed by atoms with E-state index in [1.807, 2.05) is 12.1 Å². The van der Waals surface area contributed by atoms with Gasteiger partial charge in [0.15, 0.2) is 0 Å². The molecule has 0 bridgehead atoms. The molecule has 110 valence electrons. The molecule has 1 heterocycles. The van der Waals surface area contributed by atoms with Crippen LogP contribution in [-0.2, 0) is 0 Å². The highest BCUT2D eigenvalue weighted by Gasteiger charge is 2.26. The van der Waals surface area contributed by atoms with Crippen LogP contribution in [-0.4, -0.2) is 9.97 Å². The number of hydrogen-bond donors (Lipinski definition) is 0. The van der Waals surface area contributed by atoms with Crippen LogP contribution in [0.25, 0.3) is 11.1 Å². The molecule has 21 heavy (non-hydrogen) atoms. The summed E-state index contributed by atoms with van der Waals surface area (Å²) >= 11 is 18.6. The van der Waals surface area contributed by atoms with Gasteiger partial charge in [-0.25, -0.2) is 9.97 Å². The Morgan fingerprint density at radius 3 is 2.10 bits per heavy atom. The van der Waals surface area contributed by atoms with E-state index in [1.54, 1.807) is 12.1 Å². The molecule has 0 radical (unpaired) electrons. The van der Waals surface area contributed by atoms with Crippen LogP contribution in [0.3, 0.4) is 0 Å². The van der Waals surface area contributed by atoms with Crippen molar-refractivity contribution in [3.63, 3.8) is 0 Å². The lowest BCUT2D eigenvalue weighted by atomic mass is 10.0. The minimum Gasteiger partial charge on any atom is -0.220 e. The Morgan fingerprint density at radius 2 is 1.57 bits per heavy atom. The average Bonchev–Trinajstić information content (AvgIpc) is 2.87. The highest BCUT2D eigenvalue weighted by atomic mass is 35.5. The largest absolute Gasteiger partial charge is 0.220 e. The van der Waals surface area contributed by atoms with E-state index >= 15 is 0 Å². The molecule has 2 unspecified atom stereocenters. The lowest BCUT2D eigenvalue weighted by molar-refractivity contribution is 0.585. The van der Waals surface area contributed by atoms with Crippen molar-refractivity contribution in [1.29, 1.82) is 0 Å². The summed E-state index contributed by atoms with van der Waals surface area (Å²) in [6.07, 6.45) is 3.42. The van der Waals surface area contributed by atoms with Crippen molar-refractivity contribution in [1.82, 2.24) is 9.97 Å². The summed E-state index contributed by atoms with van der Waals surface area (Å²) in [6.45, 7) is 2.26. The third-order valence-electron chi connectivity index (χ3n) is 4.03. The zero-order valence-electron chi connectivity index (χ0n) is 11.6. The standard InChI is InChI=1S/C16H15Cl3N2/c1-9-2-3-11(8-9)16-20-14(18)13(15(19)21-16)10-4-6-12(17)7-5-10/h4-7,9,11H,2-3,8H2,1H3. The van der Waals surface area contributed by atoms with Crippen LogP contribution in [0.5, 0.6) is 0 Å². The summed E-state index contributed by atoms with van der Waals surface area (Å²) in [5.74, 6) is 1.86. The van der Waals surface area contributed by atoms with Gasteiger partial charge in [-0.3, -0.25) is 0 Å². The highest BCUT2D eigenvalue weighted by Crippen LogP contribution is 2.39. The van der Waals surface area contributed by atoms with E-state index in [0.717, 1.165) is 24.2 Å². The molecule has 0 saturated heterocycles. The van der Waals surface area contributed by atoms with E-state index in [9.17, 15) is 0 Å². The average molecular weight is 342 g/mol. The summed E-state index contributed by atoms with van der Waals surface area (Å²) in [6, 6.07) is 7.35. The second-order valence-electron chi connectivity index (χ2n) is 5.66. The minimum absolute atomic E-state index is 0.370. The van der Waals surface area contributed by atoms with Crippen LogP contribution in [0.1, 0.15) is 37.9 Å². The predicted octanol–water partition coefficient (Wildman–Crippen LogP) is 6.01. The van der Waals surface area contributed by atoms with Gasteiger partial charge in [-0.1, -0.05) is 53.9 Å². The maximum atomic E-state index is 6.36. The molecule has 2 nitrogen and oxygen atoms in total. The SMILES string of the molecule is CC1CCC(c2nc(Cl)c(-c3ccc(Cl)cc3)c(Cl)n2)C1. The number of nitrogens with zero attached hydrogens (tertiary/aromatic N) is 2. The Bertz CT molecular complexity index is 632. The van der Waals surface area contributed by atoms with Crippen molar-refractivity contribution < 1.29 is 0 Å². The first-order valence-electron chi connectivity index (χ1n) is 7.03. The van der Waals surface area contributed by atoms with Crippen molar-refractivity contribution >= 4 is 34.8 Å². The first-order valence-corrected chi connectivity index (χ1v) is 8.17. The Kier molecular flexibility index (Phi) is 4.39. The zero-order chi connectivity index (χ0) is 15.0. The van der Waals surface area contributed by atoms with E-state index < -0.39 is 0 Å². The normalized spacial score (nSPS) is 21.7. The van der Waals surface area contributed by atoms with Gasteiger partial charge < -0.3 is 0 Å². The van der Waals surface area contributed by atoms with Crippen LogP contribution in [0.2, 0.25) is 15.3 Å². The number of rotatable bonds is 2. The maximum absolute atomic E-state index is 6.36. The number of aromatic nitrogens is 2. The quantitative estimate of drug-likeness (QED) is 0.625. The minimum atomic E-state index is 0.370. The Balaban J connectivity index is 1.98. The van der Waals surface area contributed by atoms with Crippen molar-refractivity contribution in [2.45, 2.75) is 32.1 Å². The van der Waals surface area contributed by atoms with Crippen LogP contribution in [0.4, 0.5) is 0 Å². The van der Waals surface area contributed by atoms with E-state index in [2.05, 4.69) is 16.9 Å². The first kappa shape index (κ1) is 15.1. The van der Waals surface area contributed by atoms with Gasteiger partial charge in [0, 0.05) is 10.9 Å². The lowest BCUT2D eigenvalue weighted by Crippen LogP contribution is -2.03.